The first-order valence-corrected chi connectivity index (χ1v) is 5.18. The minimum Gasteiger partial charge on any atom is -0.299 e. The van der Waals surface area contributed by atoms with Gasteiger partial charge in [-0.05, 0) is 6.92 Å². The highest BCUT2D eigenvalue weighted by Crippen LogP contribution is 1.98. The maximum absolute atomic E-state index is 11.1. The van der Waals surface area contributed by atoms with Gasteiger partial charge in [-0.1, -0.05) is 0 Å². The van der Waals surface area contributed by atoms with Gasteiger partial charge in [-0.25, -0.2) is 14.0 Å². The normalized spacial score (nSPS) is 15.5. The molecule has 0 fully saturated rings. The fourth-order valence-corrected chi connectivity index (χ4v) is 1.35. The highest BCUT2D eigenvalue weighted by Gasteiger charge is 2.05. The Bertz CT molecular complexity index is 446. The molecular formula is C6H9N3O2S. The zero-order valence-electron chi connectivity index (χ0n) is 6.75. The van der Waals surface area contributed by atoms with Gasteiger partial charge in [0.15, 0.2) is 0 Å². The lowest BCUT2D eigenvalue weighted by Crippen LogP contribution is -2.13. The minimum atomic E-state index is -2.91. The molecule has 5 nitrogen and oxygen atoms in total. The van der Waals surface area contributed by atoms with E-state index >= 15 is 0 Å². The molecule has 0 aliphatic heterocycles. The summed E-state index contributed by atoms with van der Waals surface area (Å²) >= 11 is 0. The second kappa shape index (κ2) is 2.71. The van der Waals surface area contributed by atoms with Crippen molar-refractivity contribution in [3.63, 3.8) is 0 Å². The van der Waals surface area contributed by atoms with Crippen LogP contribution in [-0.2, 0) is 9.73 Å². The van der Waals surface area contributed by atoms with Crippen LogP contribution in [0.4, 0.5) is 0 Å². The molecule has 0 radical (unpaired) electrons. The van der Waals surface area contributed by atoms with E-state index in [4.69, 9.17) is 4.78 Å². The van der Waals surface area contributed by atoms with Crippen molar-refractivity contribution >= 4 is 9.73 Å². The van der Waals surface area contributed by atoms with Crippen molar-refractivity contribution in [1.29, 1.82) is 4.78 Å². The van der Waals surface area contributed by atoms with Crippen molar-refractivity contribution in [2.75, 3.05) is 6.26 Å². The summed E-state index contributed by atoms with van der Waals surface area (Å²) in [6.07, 6.45) is 1.21. The standard InChI is InChI=1S/C6H9N3O2S/c1-4-3-5(10)9-6(8-4)12(2,7)11/h3,7H,1-2H3,(H,8,9,10)/t12-/m1/s1. The molecule has 1 atom stereocenters. The Hall–Kier alpha value is -1.17. The van der Waals surface area contributed by atoms with Crippen molar-refractivity contribution < 1.29 is 4.21 Å². The fourth-order valence-electron chi connectivity index (χ4n) is 0.736. The van der Waals surface area contributed by atoms with Crippen LogP contribution in [0.3, 0.4) is 0 Å². The molecule has 0 unspecified atom stereocenters. The predicted molar refractivity (Wildman–Crippen MR) is 44.6 cm³/mol. The summed E-state index contributed by atoms with van der Waals surface area (Å²) < 4.78 is 18.3. The Kier molecular flexibility index (Phi) is 2.01. The Morgan fingerprint density at radius 1 is 1.67 bits per heavy atom. The van der Waals surface area contributed by atoms with Gasteiger partial charge in [0.2, 0.25) is 5.16 Å². The molecule has 66 valence electrons. The van der Waals surface area contributed by atoms with Gasteiger partial charge in [0.1, 0.15) is 9.73 Å². The average Bonchev–Trinajstić information content (AvgIpc) is 1.82. The number of nitrogens with zero attached hydrogens (tertiary/aromatic N) is 1. The van der Waals surface area contributed by atoms with Gasteiger partial charge < -0.3 is 0 Å². The van der Waals surface area contributed by atoms with Crippen LogP contribution in [0, 0.1) is 11.7 Å². The maximum Gasteiger partial charge on any atom is 0.251 e. The molecule has 2 N–H and O–H groups in total. The van der Waals surface area contributed by atoms with Crippen LogP contribution in [0.25, 0.3) is 0 Å². The van der Waals surface area contributed by atoms with Gasteiger partial charge >= 0.3 is 0 Å². The van der Waals surface area contributed by atoms with E-state index in [1.165, 1.54) is 12.3 Å². The lowest BCUT2D eigenvalue weighted by Gasteiger charge is -1.99. The lowest BCUT2D eigenvalue weighted by atomic mass is 10.5. The summed E-state index contributed by atoms with van der Waals surface area (Å²) in [5.74, 6) is 0. The van der Waals surface area contributed by atoms with Crippen LogP contribution < -0.4 is 5.56 Å². The second-order valence-corrected chi connectivity index (χ2v) is 4.61. The van der Waals surface area contributed by atoms with Gasteiger partial charge in [-0.15, -0.1) is 0 Å². The number of aryl methyl sites for hydroxylation is 1. The van der Waals surface area contributed by atoms with Crippen molar-refractivity contribution in [2.45, 2.75) is 12.1 Å². The minimum absolute atomic E-state index is 0.0625. The predicted octanol–water partition coefficient (Wildman–Crippen LogP) is 0.114. The van der Waals surface area contributed by atoms with E-state index in [-0.39, 0.29) is 10.7 Å². The first-order valence-electron chi connectivity index (χ1n) is 3.21. The molecule has 0 spiro atoms. The number of nitrogens with one attached hydrogen (secondary N) is 2. The third kappa shape index (κ3) is 1.91. The summed E-state index contributed by atoms with van der Waals surface area (Å²) in [4.78, 5) is 16.9. The number of rotatable bonds is 1. The number of hydrogen-bond acceptors (Lipinski definition) is 4. The molecule has 0 amide bonds. The Balaban J connectivity index is 3.48. The van der Waals surface area contributed by atoms with E-state index < -0.39 is 9.73 Å². The Morgan fingerprint density at radius 3 is 2.67 bits per heavy atom. The number of H-pyrrole nitrogens is 1. The molecule has 0 saturated heterocycles. The maximum atomic E-state index is 11.1. The second-order valence-electron chi connectivity index (χ2n) is 2.54. The van der Waals surface area contributed by atoms with Gasteiger partial charge in [0, 0.05) is 18.0 Å². The van der Waals surface area contributed by atoms with Crippen molar-refractivity contribution in [2.24, 2.45) is 0 Å². The van der Waals surface area contributed by atoms with Crippen LogP contribution in [-0.4, -0.2) is 20.4 Å². The monoisotopic (exact) mass is 187 g/mol. The van der Waals surface area contributed by atoms with Gasteiger partial charge in [0.25, 0.3) is 5.56 Å². The fraction of sp³-hybridized carbons (Fsp3) is 0.333. The summed E-state index contributed by atoms with van der Waals surface area (Å²) in [5, 5.41) is -0.0625. The summed E-state index contributed by atoms with van der Waals surface area (Å²) in [6.45, 7) is 1.62. The Labute approximate surface area is 69.8 Å². The van der Waals surface area contributed by atoms with Gasteiger partial charge in [-0.3, -0.25) is 9.78 Å². The number of aromatic amines is 1. The molecule has 12 heavy (non-hydrogen) atoms. The van der Waals surface area contributed by atoms with Crippen molar-refractivity contribution in [1.82, 2.24) is 9.97 Å². The number of hydrogen-bond donors (Lipinski definition) is 2. The van der Waals surface area contributed by atoms with Gasteiger partial charge in [0.05, 0.1) is 0 Å². The van der Waals surface area contributed by atoms with E-state index in [9.17, 15) is 9.00 Å². The van der Waals surface area contributed by atoms with E-state index in [0.29, 0.717) is 5.69 Å². The van der Waals surface area contributed by atoms with Crippen molar-refractivity contribution in [3.8, 4) is 0 Å². The van der Waals surface area contributed by atoms with E-state index in [1.54, 1.807) is 6.92 Å². The smallest absolute Gasteiger partial charge is 0.251 e. The third-order valence-corrected chi connectivity index (χ3v) is 2.15. The zero-order chi connectivity index (χ0) is 9.35. The molecule has 1 aromatic rings. The van der Waals surface area contributed by atoms with Gasteiger partial charge in [-0.2, -0.15) is 0 Å². The molecule has 0 aliphatic rings. The van der Waals surface area contributed by atoms with Crippen LogP contribution in [0.5, 0.6) is 0 Å². The van der Waals surface area contributed by atoms with Crippen LogP contribution in [0.2, 0.25) is 0 Å². The van der Waals surface area contributed by atoms with Crippen molar-refractivity contribution in [3.05, 3.63) is 22.1 Å². The Morgan fingerprint density at radius 2 is 2.25 bits per heavy atom. The highest BCUT2D eigenvalue weighted by atomic mass is 32.2. The van der Waals surface area contributed by atoms with Crippen LogP contribution >= 0.6 is 0 Å². The first-order chi connectivity index (χ1) is 5.39. The quantitative estimate of drug-likeness (QED) is 0.612. The van der Waals surface area contributed by atoms with Crippen LogP contribution in [0.1, 0.15) is 5.69 Å². The highest BCUT2D eigenvalue weighted by molar-refractivity contribution is 7.91. The summed E-state index contributed by atoms with van der Waals surface area (Å²) in [5.41, 5.74) is 0.0925. The SMILES string of the molecule is Cc1cc(=O)[nH]c([S@](C)(=N)=O)n1. The van der Waals surface area contributed by atoms with E-state index in [0.717, 1.165) is 0 Å². The molecule has 1 heterocycles. The van der Waals surface area contributed by atoms with E-state index in [2.05, 4.69) is 9.97 Å². The largest absolute Gasteiger partial charge is 0.299 e. The molecule has 1 aromatic heterocycles. The molecule has 1 rings (SSSR count). The summed E-state index contributed by atoms with van der Waals surface area (Å²) in [6, 6.07) is 1.29. The zero-order valence-corrected chi connectivity index (χ0v) is 7.57. The first kappa shape index (κ1) is 8.92. The molecular weight excluding hydrogens is 178 g/mol. The molecule has 0 saturated carbocycles. The molecule has 0 aromatic carbocycles. The topological polar surface area (TPSA) is 86.7 Å². The molecule has 0 aliphatic carbocycles. The lowest BCUT2D eigenvalue weighted by molar-refractivity contribution is 0.669. The van der Waals surface area contributed by atoms with Crippen LogP contribution in [0.15, 0.2) is 16.0 Å². The molecule has 0 bridgehead atoms. The van der Waals surface area contributed by atoms with E-state index in [1.807, 2.05) is 0 Å². The number of aromatic nitrogens is 2. The summed E-state index contributed by atoms with van der Waals surface area (Å²) in [7, 11) is -2.91. The molecule has 6 heteroatoms. The third-order valence-electron chi connectivity index (χ3n) is 1.22. The average molecular weight is 187 g/mol.